The second-order valence-corrected chi connectivity index (χ2v) is 4.94. The molecule has 0 saturated heterocycles. The van der Waals surface area contributed by atoms with Gasteiger partial charge in [-0.3, -0.25) is 4.98 Å². The minimum atomic E-state index is 0.233. The Morgan fingerprint density at radius 1 is 1.09 bits per heavy atom. The highest BCUT2D eigenvalue weighted by Gasteiger charge is 2.10. The predicted octanol–water partition coefficient (Wildman–Crippen LogP) is 3.24. The molecule has 0 N–H and O–H groups in total. The van der Waals surface area contributed by atoms with Crippen LogP contribution < -0.4 is 5.72 Å². The highest BCUT2D eigenvalue weighted by molar-refractivity contribution is 6.29. The van der Waals surface area contributed by atoms with E-state index in [1.807, 2.05) is 42.5 Å². The lowest BCUT2D eigenvalue weighted by Gasteiger charge is -2.09. The van der Waals surface area contributed by atoms with Crippen LogP contribution in [0.25, 0.3) is 27.9 Å². The molecule has 4 heteroatoms. The molecule has 0 aliphatic carbocycles. The van der Waals surface area contributed by atoms with Crippen molar-refractivity contribution in [2.45, 2.75) is 0 Å². The topological polar surface area (TPSA) is 38.7 Å². The molecule has 3 nitrogen and oxygen atoms in total. The van der Waals surface area contributed by atoms with Crippen molar-refractivity contribution in [1.82, 2.24) is 15.0 Å². The summed E-state index contributed by atoms with van der Waals surface area (Å²) in [4.78, 5) is 13.0. The van der Waals surface area contributed by atoms with Crippen LogP contribution in [-0.2, 0) is 0 Å². The van der Waals surface area contributed by atoms with E-state index in [2.05, 4.69) is 28.1 Å². The van der Waals surface area contributed by atoms with Crippen molar-refractivity contribution in [3.63, 3.8) is 0 Å². The molecule has 0 atom stereocenters. The van der Waals surface area contributed by atoms with Gasteiger partial charge in [0, 0.05) is 11.8 Å². The molecular formula is C19H14BN3. The van der Waals surface area contributed by atoms with Crippen LogP contribution in [0.2, 0.25) is 0 Å². The molecule has 2 heterocycles. The molecule has 2 radical (unpaired) electrons. The summed E-state index contributed by atoms with van der Waals surface area (Å²) in [7, 11) is 5.84. The average molecular weight is 295 g/mol. The zero-order chi connectivity index (χ0) is 16.2. The van der Waals surface area contributed by atoms with E-state index in [-0.39, 0.29) is 5.72 Å². The van der Waals surface area contributed by atoms with E-state index in [4.69, 9.17) is 7.85 Å². The SMILES string of the molecule is [B]c1nc(-c2cccc(/C(C=C)=C/C=C)c2)c2ncccc2n1. The summed E-state index contributed by atoms with van der Waals surface area (Å²) in [6.45, 7) is 7.58. The van der Waals surface area contributed by atoms with E-state index in [1.54, 1.807) is 18.3 Å². The van der Waals surface area contributed by atoms with Gasteiger partial charge in [-0.15, -0.1) is 0 Å². The molecule has 0 fully saturated rings. The van der Waals surface area contributed by atoms with Crippen LogP contribution in [0.15, 0.2) is 74.0 Å². The van der Waals surface area contributed by atoms with Gasteiger partial charge in [0.2, 0.25) is 0 Å². The molecule has 2 aromatic heterocycles. The van der Waals surface area contributed by atoms with E-state index in [0.29, 0.717) is 0 Å². The first-order chi connectivity index (χ1) is 11.2. The molecule has 3 aromatic rings. The fourth-order valence-corrected chi connectivity index (χ4v) is 2.44. The lowest BCUT2D eigenvalue weighted by atomic mass is 10.00. The van der Waals surface area contributed by atoms with Crippen LogP contribution in [0.5, 0.6) is 0 Å². The van der Waals surface area contributed by atoms with Gasteiger partial charge in [0.1, 0.15) is 5.52 Å². The monoisotopic (exact) mass is 295 g/mol. The summed E-state index contributed by atoms with van der Waals surface area (Å²) in [5, 5.41) is 0. The molecule has 0 amide bonds. The van der Waals surface area contributed by atoms with Gasteiger partial charge >= 0.3 is 0 Å². The number of pyridine rings is 1. The lowest BCUT2D eigenvalue weighted by Crippen LogP contribution is -2.14. The number of hydrogen-bond donors (Lipinski definition) is 0. The first-order valence-corrected chi connectivity index (χ1v) is 7.17. The fourth-order valence-electron chi connectivity index (χ4n) is 2.44. The van der Waals surface area contributed by atoms with E-state index in [1.165, 1.54) is 0 Å². The first kappa shape index (κ1) is 14.9. The number of benzene rings is 1. The summed E-state index contributed by atoms with van der Waals surface area (Å²) >= 11 is 0. The quantitative estimate of drug-likeness (QED) is 0.548. The standard InChI is InChI=1S/C19H14BN3/c1-3-7-13(4-2)14-8-5-9-15(12-14)17-18-16(10-6-11-21-18)22-19(20)23-17/h3-12H,1-2H2/b13-7+. The van der Waals surface area contributed by atoms with Crippen molar-refractivity contribution in [3.8, 4) is 11.3 Å². The molecule has 23 heavy (non-hydrogen) atoms. The highest BCUT2D eigenvalue weighted by Crippen LogP contribution is 2.26. The van der Waals surface area contributed by atoms with Crippen molar-refractivity contribution in [2.75, 3.05) is 0 Å². The molecule has 108 valence electrons. The summed E-state index contributed by atoms with van der Waals surface area (Å²) in [6, 6.07) is 11.7. The number of nitrogens with zero attached hydrogens (tertiary/aromatic N) is 3. The number of rotatable bonds is 4. The molecule has 0 saturated carbocycles. The first-order valence-electron chi connectivity index (χ1n) is 7.17. The molecule has 0 spiro atoms. The smallest absolute Gasteiger partial charge is 0.170 e. The van der Waals surface area contributed by atoms with Gasteiger partial charge in [-0.2, -0.15) is 0 Å². The Morgan fingerprint density at radius 2 is 1.96 bits per heavy atom. The van der Waals surface area contributed by atoms with Crippen molar-refractivity contribution in [3.05, 3.63) is 79.5 Å². The molecule has 1 aromatic carbocycles. The van der Waals surface area contributed by atoms with Crippen LogP contribution in [0.4, 0.5) is 0 Å². The van der Waals surface area contributed by atoms with E-state index in [9.17, 15) is 0 Å². The Kier molecular flexibility index (Phi) is 4.15. The van der Waals surface area contributed by atoms with Gasteiger partial charge < -0.3 is 0 Å². The minimum Gasteiger partial charge on any atom is -0.252 e. The van der Waals surface area contributed by atoms with Gasteiger partial charge in [0.15, 0.2) is 7.85 Å². The Hall–Kier alpha value is -3.01. The number of hydrogen-bond acceptors (Lipinski definition) is 3. The third-order valence-electron chi connectivity index (χ3n) is 3.46. The number of allylic oxidation sites excluding steroid dienone is 4. The molecule has 0 aliphatic rings. The molecule has 0 unspecified atom stereocenters. The Balaban J connectivity index is 2.22. The lowest BCUT2D eigenvalue weighted by molar-refractivity contribution is 1.26. The maximum atomic E-state index is 5.84. The zero-order valence-electron chi connectivity index (χ0n) is 12.6. The number of aromatic nitrogens is 3. The van der Waals surface area contributed by atoms with E-state index < -0.39 is 0 Å². The normalized spacial score (nSPS) is 11.4. The Labute approximate surface area is 136 Å². The maximum absolute atomic E-state index is 5.84. The minimum absolute atomic E-state index is 0.233. The molecule has 3 rings (SSSR count). The van der Waals surface area contributed by atoms with Gasteiger partial charge in [0.05, 0.1) is 16.9 Å². The van der Waals surface area contributed by atoms with Gasteiger partial charge in [0.25, 0.3) is 0 Å². The van der Waals surface area contributed by atoms with Gasteiger partial charge in [-0.1, -0.05) is 49.6 Å². The second-order valence-electron chi connectivity index (χ2n) is 4.94. The largest absolute Gasteiger partial charge is 0.252 e. The summed E-state index contributed by atoms with van der Waals surface area (Å²) in [6.07, 6.45) is 7.17. The van der Waals surface area contributed by atoms with Gasteiger partial charge in [-0.25, -0.2) is 9.97 Å². The highest BCUT2D eigenvalue weighted by atomic mass is 14.9. The zero-order valence-corrected chi connectivity index (χ0v) is 12.6. The maximum Gasteiger partial charge on any atom is 0.170 e. The van der Waals surface area contributed by atoms with Crippen molar-refractivity contribution < 1.29 is 0 Å². The Morgan fingerprint density at radius 3 is 2.74 bits per heavy atom. The van der Waals surface area contributed by atoms with Crippen LogP contribution >= 0.6 is 0 Å². The molecular weight excluding hydrogens is 281 g/mol. The van der Waals surface area contributed by atoms with Crippen LogP contribution in [0, 0.1) is 0 Å². The summed E-state index contributed by atoms with van der Waals surface area (Å²) < 4.78 is 0. The van der Waals surface area contributed by atoms with Gasteiger partial charge in [-0.05, 0) is 29.3 Å². The fraction of sp³-hybridized carbons (Fsp3) is 0. The predicted molar refractivity (Wildman–Crippen MR) is 96.5 cm³/mol. The molecule has 0 bridgehead atoms. The number of fused-ring (bicyclic) bond motifs is 1. The average Bonchev–Trinajstić information content (AvgIpc) is 2.59. The van der Waals surface area contributed by atoms with Crippen LogP contribution in [-0.4, -0.2) is 22.8 Å². The third kappa shape index (κ3) is 2.97. The second kappa shape index (κ2) is 6.40. The molecule has 0 aliphatic heterocycles. The van der Waals surface area contributed by atoms with Crippen LogP contribution in [0.1, 0.15) is 5.56 Å². The van der Waals surface area contributed by atoms with Crippen LogP contribution in [0.3, 0.4) is 0 Å². The van der Waals surface area contributed by atoms with Crippen molar-refractivity contribution in [1.29, 1.82) is 0 Å². The van der Waals surface area contributed by atoms with E-state index in [0.717, 1.165) is 33.4 Å². The summed E-state index contributed by atoms with van der Waals surface area (Å²) in [5.41, 5.74) is 5.35. The Bertz CT molecular complexity index is 929. The van der Waals surface area contributed by atoms with Crippen molar-refractivity contribution in [2.24, 2.45) is 0 Å². The summed E-state index contributed by atoms with van der Waals surface area (Å²) in [5.74, 6) is 0. The van der Waals surface area contributed by atoms with E-state index >= 15 is 0 Å². The van der Waals surface area contributed by atoms with Crippen molar-refractivity contribution >= 4 is 30.2 Å². The third-order valence-corrected chi connectivity index (χ3v) is 3.46.